The Balaban J connectivity index is 1.91. The van der Waals surface area contributed by atoms with Crippen molar-refractivity contribution in [3.63, 3.8) is 0 Å². The van der Waals surface area contributed by atoms with Crippen molar-refractivity contribution >= 4 is 38.4 Å². The highest BCUT2D eigenvalue weighted by Crippen LogP contribution is 2.20. The van der Waals surface area contributed by atoms with Gasteiger partial charge in [0.25, 0.3) is 5.91 Å². The van der Waals surface area contributed by atoms with Gasteiger partial charge in [0.2, 0.25) is 0 Å². The van der Waals surface area contributed by atoms with Crippen LogP contribution in [-0.2, 0) is 0 Å². The van der Waals surface area contributed by atoms with Gasteiger partial charge in [-0.3, -0.25) is 4.79 Å². The lowest BCUT2D eigenvalue weighted by Gasteiger charge is -2.07. The molecule has 0 aliphatic carbocycles. The van der Waals surface area contributed by atoms with Crippen LogP contribution in [0.1, 0.15) is 10.4 Å². The number of carbonyl (C=O) groups is 1. The standard InChI is InChI=1S/C16H11BrN2O/c17-14-6-3-9-18-15(14)19-16(20)13-8-7-11-4-1-2-5-12(11)10-13/h1-10H,(H,18,19,20). The van der Waals surface area contributed by atoms with Gasteiger partial charge in [-0.2, -0.15) is 0 Å². The van der Waals surface area contributed by atoms with Crippen LogP contribution in [0, 0.1) is 0 Å². The van der Waals surface area contributed by atoms with Gasteiger partial charge in [0.05, 0.1) is 4.47 Å². The van der Waals surface area contributed by atoms with E-state index in [0.29, 0.717) is 11.4 Å². The highest BCUT2D eigenvalue weighted by atomic mass is 79.9. The van der Waals surface area contributed by atoms with E-state index in [2.05, 4.69) is 26.2 Å². The maximum atomic E-state index is 12.2. The third-order valence-electron chi connectivity index (χ3n) is 3.00. The minimum atomic E-state index is -0.171. The first-order valence-corrected chi connectivity index (χ1v) is 6.94. The van der Waals surface area contributed by atoms with Gasteiger partial charge in [-0.05, 0) is 51.0 Å². The summed E-state index contributed by atoms with van der Waals surface area (Å²) in [6.45, 7) is 0. The van der Waals surface area contributed by atoms with E-state index in [1.54, 1.807) is 12.3 Å². The second kappa shape index (κ2) is 5.43. The minimum Gasteiger partial charge on any atom is -0.306 e. The van der Waals surface area contributed by atoms with Gasteiger partial charge in [-0.25, -0.2) is 4.98 Å². The first-order chi connectivity index (χ1) is 9.74. The molecule has 3 aromatic rings. The number of anilines is 1. The summed E-state index contributed by atoms with van der Waals surface area (Å²) in [6, 6.07) is 17.2. The fraction of sp³-hybridized carbons (Fsp3) is 0. The van der Waals surface area contributed by atoms with Crippen molar-refractivity contribution in [2.75, 3.05) is 5.32 Å². The summed E-state index contributed by atoms with van der Waals surface area (Å²) in [6.07, 6.45) is 1.64. The number of rotatable bonds is 2. The van der Waals surface area contributed by atoms with Gasteiger partial charge in [0, 0.05) is 11.8 Å². The quantitative estimate of drug-likeness (QED) is 0.764. The Hall–Kier alpha value is -2.20. The summed E-state index contributed by atoms with van der Waals surface area (Å²) in [5, 5.41) is 4.95. The van der Waals surface area contributed by atoms with Crippen molar-refractivity contribution in [1.29, 1.82) is 0 Å². The van der Waals surface area contributed by atoms with Crippen LogP contribution >= 0.6 is 15.9 Å². The largest absolute Gasteiger partial charge is 0.306 e. The summed E-state index contributed by atoms with van der Waals surface area (Å²) in [7, 11) is 0. The molecule has 0 bridgehead atoms. The highest BCUT2D eigenvalue weighted by molar-refractivity contribution is 9.10. The van der Waals surface area contributed by atoms with Gasteiger partial charge in [-0.1, -0.05) is 30.3 Å². The average Bonchev–Trinajstić information content (AvgIpc) is 2.49. The van der Waals surface area contributed by atoms with E-state index in [9.17, 15) is 4.79 Å². The minimum absolute atomic E-state index is 0.171. The molecule has 0 radical (unpaired) electrons. The fourth-order valence-electron chi connectivity index (χ4n) is 1.99. The van der Waals surface area contributed by atoms with E-state index in [4.69, 9.17) is 0 Å². The number of nitrogens with one attached hydrogen (secondary N) is 1. The Labute approximate surface area is 124 Å². The molecule has 2 aromatic carbocycles. The van der Waals surface area contributed by atoms with E-state index >= 15 is 0 Å². The Morgan fingerprint density at radius 2 is 1.80 bits per heavy atom. The SMILES string of the molecule is O=C(Nc1ncccc1Br)c1ccc2ccccc2c1. The first-order valence-electron chi connectivity index (χ1n) is 6.15. The second-order valence-corrected chi connectivity index (χ2v) is 5.20. The topological polar surface area (TPSA) is 42.0 Å². The molecule has 20 heavy (non-hydrogen) atoms. The number of amides is 1. The van der Waals surface area contributed by atoms with E-state index in [1.807, 2.05) is 48.5 Å². The number of carbonyl (C=O) groups excluding carboxylic acids is 1. The lowest BCUT2D eigenvalue weighted by molar-refractivity contribution is 0.102. The number of pyridine rings is 1. The third kappa shape index (κ3) is 2.56. The third-order valence-corrected chi connectivity index (χ3v) is 3.64. The summed E-state index contributed by atoms with van der Waals surface area (Å²) < 4.78 is 0.758. The molecule has 0 saturated heterocycles. The maximum absolute atomic E-state index is 12.2. The van der Waals surface area contributed by atoms with Gasteiger partial charge >= 0.3 is 0 Å². The Morgan fingerprint density at radius 3 is 2.60 bits per heavy atom. The second-order valence-electron chi connectivity index (χ2n) is 4.35. The number of halogens is 1. The van der Waals surface area contributed by atoms with Gasteiger partial charge in [0.1, 0.15) is 5.82 Å². The molecule has 0 unspecified atom stereocenters. The monoisotopic (exact) mass is 326 g/mol. The lowest BCUT2D eigenvalue weighted by atomic mass is 10.1. The maximum Gasteiger partial charge on any atom is 0.256 e. The molecule has 0 spiro atoms. The molecular weight excluding hydrogens is 316 g/mol. The molecule has 1 N–H and O–H groups in total. The highest BCUT2D eigenvalue weighted by Gasteiger charge is 2.09. The van der Waals surface area contributed by atoms with Crippen molar-refractivity contribution in [1.82, 2.24) is 4.98 Å². The smallest absolute Gasteiger partial charge is 0.256 e. The normalized spacial score (nSPS) is 10.4. The van der Waals surface area contributed by atoms with Crippen LogP contribution in [-0.4, -0.2) is 10.9 Å². The predicted octanol–water partition coefficient (Wildman–Crippen LogP) is 4.25. The van der Waals surface area contributed by atoms with Crippen LogP contribution in [0.25, 0.3) is 10.8 Å². The number of aromatic nitrogens is 1. The Morgan fingerprint density at radius 1 is 1.00 bits per heavy atom. The summed E-state index contributed by atoms with van der Waals surface area (Å²) in [5.74, 6) is 0.348. The van der Waals surface area contributed by atoms with Crippen LogP contribution in [0.2, 0.25) is 0 Å². The van der Waals surface area contributed by atoms with Gasteiger partial charge < -0.3 is 5.32 Å². The van der Waals surface area contributed by atoms with Gasteiger partial charge in [0.15, 0.2) is 0 Å². The Bertz CT molecular complexity index is 786. The average molecular weight is 327 g/mol. The van der Waals surface area contributed by atoms with Crippen molar-refractivity contribution < 1.29 is 4.79 Å². The molecule has 0 aliphatic heterocycles. The van der Waals surface area contributed by atoms with Crippen molar-refractivity contribution in [3.05, 3.63) is 70.8 Å². The van der Waals surface area contributed by atoms with E-state index in [-0.39, 0.29) is 5.91 Å². The zero-order valence-corrected chi connectivity index (χ0v) is 12.1. The molecule has 1 heterocycles. The summed E-state index contributed by atoms with van der Waals surface area (Å²) in [4.78, 5) is 16.4. The zero-order chi connectivity index (χ0) is 13.9. The lowest BCUT2D eigenvalue weighted by Crippen LogP contribution is -2.13. The molecule has 0 fully saturated rings. The summed E-state index contributed by atoms with van der Waals surface area (Å²) >= 11 is 3.36. The molecule has 3 rings (SSSR count). The van der Waals surface area contributed by atoms with E-state index in [1.165, 1.54) is 0 Å². The van der Waals surface area contributed by atoms with Crippen molar-refractivity contribution in [2.24, 2.45) is 0 Å². The molecule has 0 aliphatic rings. The number of hydrogen-bond acceptors (Lipinski definition) is 2. The molecule has 0 atom stereocenters. The van der Waals surface area contributed by atoms with Crippen LogP contribution in [0.5, 0.6) is 0 Å². The van der Waals surface area contributed by atoms with Gasteiger partial charge in [-0.15, -0.1) is 0 Å². The van der Waals surface area contributed by atoms with Crippen LogP contribution in [0.4, 0.5) is 5.82 Å². The number of benzene rings is 2. The van der Waals surface area contributed by atoms with Crippen LogP contribution < -0.4 is 5.32 Å². The molecule has 4 heteroatoms. The van der Waals surface area contributed by atoms with Crippen LogP contribution in [0.3, 0.4) is 0 Å². The van der Waals surface area contributed by atoms with E-state index in [0.717, 1.165) is 15.2 Å². The molecule has 1 amide bonds. The van der Waals surface area contributed by atoms with Crippen molar-refractivity contribution in [2.45, 2.75) is 0 Å². The van der Waals surface area contributed by atoms with Crippen molar-refractivity contribution in [3.8, 4) is 0 Å². The number of hydrogen-bond donors (Lipinski definition) is 1. The summed E-state index contributed by atoms with van der Waals surface area (Å²) in [5.41, 5.74) is 0.612. The molecule has 0 saturated carbocycles. The van der Waals surface area contributed by atoms with E-state index < -0.39 is 0 Å². The molecule has 98 valence electrons. The first kappa shape index (κ1) is 12.8. The Kier molecular flexibility index (Phi) is 3.48. The molecule has 1 aromatic heterocycles. The molecule has 3 nitrogen and oxygen atoms in total. The predicted molar refractivity (Wildman–Crippen MR) is 83.8 cm³/mol. The fourth-order valence-corrected chi connectivity index (χ4v) is 2.34. The zero-order valence-electron chi connectivity index (χ0n) is 10.5. The number of fused-ring (bicyclic) bond motifs is 1. The molecular formula is C16H11BrN2O. The number of nitrogens with zero attached hydrogens (tertiary/aromatic N) is 1. The van der Waals surface area contributed by atoms with Crippen LogP contribution in [0.15, 0.2) is 65.3 Å².